The van der Waals surface area contributed by atoms with Gasteiger partial charge in [-0.3, -0.25) is 15.1 Å². The average Bonchev–Trinajstić information content (AvgIpc) is 2.46. The van der Waals surface area contributed by atoms with Crippen molar-refractivity contribution in [3.63, 3.8) is 0 Å². The van der Waals surface area contributed by atoms with Crippen LogP contribution in [0.1, 0.15) is 64.2 Å². The molecule has 0 aliphatic carbocycles. The molecule has 0 aromatic rings. The lowest BCUT2D eigenvalue weighted by atomic mass is 10.1. The summed E-state index contributed by atoms with van der Waals surface area (Å²) in [5.41, 5.74) is 5.45. The first-order valence-electron chi connectivity index (χ1n) is 8.22. The van der Waals surface area contributed by atoms with Gasteiger partial charge in [0.2, 0.25) is 0 Å². The summed E-state index contributed by atoms with van der Waals surface area (Å²) in [6.07, 6.45) is 12.5. The van der Waals surface area contributed by atoms with Gasteiger partial charge >= 0.3 is 0 Å². The summed E-state index contributed by atoms with van der Waals surface area (Å²) in [5.74, 6) is 0.470. The zero-order valence-electron chi connectivity index (χ0n) is 13.5. The first kappa shape index (κ1) is 19.8. The fraction of sp³-hybridized carbons (Fsp3) is 0.933. The molecule has 0 aliphatic heterocycles. The predicted octanol–water partition coefficient (Wildman–Crippen LogP) is 2.74. The van der Waals surface area contributed by atoms with E-state index in [0.29, 0.717) is 5.84 Å². The van der Waals surface area contributed by atoms with Crippen LogP contribution in [0.4, 0.5) is 0 Å². The summed E-state index contributed by atoms with van der Waals surface area (Å²) in [6, 6.07) is 0. The fourth-order valence-electron chi connectivity index (χ4n) is 2.24. The van der Waals surface area contributed by atoms with Crippen LogP contribution in [0.15, 0.2) is 4.99 Å². The second kappa shape index (κ2) is 15.2. The van der Waals surface area contributed by atoms with Gasteiger partial charge in [0, 0.05) is 18.5 Å². The zero-order chi connectivity index (χ0) is 15.8. The Bertz CT molecular complexity index is 283. The molecule has 0 rings (SSSR count). The van der Waals surface area contributed by atoms with E-state index in [1.54, 1.807) is 7.05 Å². The van der Waals surface area contributed by atoms with E-state index in [0.717, 1.165) is 25.9 Å². The molecule has 0 aromatic carbocycles. The summed E-state index contributed by atoms with van der Waals surface area (Å²) in [4.78, 5) is 13.9. The third-order valence-corrected chi connectivity index (χ3v) is 3.51. The van der Waals surface area contributed by atoms with Crippen molar-refractivity contribution < 1.29 is 4.92 Å². The first-order valence-corrected chi connectivity index (χ1v) is 8.22. The molecule has 0 amide bonds. The van der Waals surface area contributed by atoms with Crippen LogP contribution < -0.4 is 11.1 Å². The van der Waals surface area contributed by atoms with Gasteiger partial charge in [-0.15, -0.1) is 0 Å². The molecule has 0 bridgehead atoms. The number of hydrogen-bond donors (Lipinski definition) is 2. The molecule has 0 heterocycles. The van der Waals surface area contributed by atoms with E-state index in [1.807, 2.05) is 0 Å². The number of nitrogens with zero attached hydrogens (tertiary/aromatic N) is 2. The highest BCUT2D eigenvalue weighted by molar-refractivity contribution is 5.82. The molecular formula is C15H32N4O2. The summed E-state index contributed by atoms with van der Waals surface area (Å²) < 4.78 is 0. The van der Waals surface area contributed by atoms with Crippen molar-refractivity contribution >= 4 is 5.84 Å². The molecule has 0 saturated heterocycles. The molecule has 0 atom stereocenters. The molecule has 0 unspecified atom stereocenters. The number of amidine groups is 1. The molecule has 0 fully saturated rings. The Labute approximate surface area is 128 Å². The maximum atomic E-state index is 10.4. The highest BCUT2D eigenvalue weighted by Crippen LogP contribution is 2.10. The van der Waals surface area contributed by atoms with Crippen LogP contribution in [-0.4, -0.2) is 37.4 Å². The highest BCUT2D eigenvalue weighted by Gasteiger charge is 2.04. The number of nitro groups is 1. The maximum absolute atomic E-state index is 10.4. The largest absolute Gasteiger partial charge is 0.368 e. The van der Waals surface area contributed by atoms with Gasteiger partial charge in [0.15, 0.2) is 5.84 Å². The molecule has 0 radical (unpaired) electrons. The van der Waals surface area contributed by atoms with Gasteiger partial charge in [0.05, 0.1) is 0 Å². The monoisotopic (exact) mass is 300 g/mol. The van der Waals surface area contributed by atoms with Gasteiger partial charge in [-0.05, 0) is 19.4 Å². The van der Waals surface area contributed by atoms with Crippen molar-refractivity contribution in [3.8, 4) is 0 Å². The van der Waals surface area contributed by atoms with Crippen molar-refractivity contribution in [2.24, 2.45) is 10.7 Å². The second-order valence-corrected chi connectivity index (χ2v) is 5.41. The minimum atomic E-state index is -0.358. The molecule has 3 N–H and O–H groups in total. The lowest BCUT2D eigenvalue weighted by molar-refractivity contribution is -0.463. The SMILES string of the molecule is CN=C(C[N+](=O)[O-])NCCCCCCCCCCCCN. The Balaban J connectivity index is 3.23. The van der Waals surface area contributed by atoms with E-state index in [-0.39, 0.29) is 11.5 Å². The predicted molar refractivity (Wildman–Crippen MR) is 88.4 cm³/mol. The van der Waals surface area contributed by atoms with E-state index >= 15 is 0 Å². The van der Waals surface area contributed by atoms with Gasteiger partial charge in [-0.1, -0.05) is 51.4 Å². The summed E-state index contributed by atoms with van der Waals surface area (Å²) in [6.45, 7) is 1.39. The number of nitrogens with two attached hydrogens (primary N) is 1. The van der Waals surface area contributed by atoms with Gasteiger partial charge < -0.3 is 11.1 Å². The lowest BCUT2D eigenvalue weighted by Crippen LogP contribution is -2.30. The molecule has 6 heteroatoms. The normalized spacial score (nSPS) is 11.6. The van der Waals surface area contributed by atoms with E-state index in [9.17, 15) is 10.1 Å². The van der Waals surface area contributed by atoms with E-state index < -0.39 is 0 Å². The Morgan fingerprint density at radius 3 is 1.90 bits per heavy atom. The Hall–Kier alpha value is -1.17. The van der Waals surface area contributed by atoms with Crippen LogP contribution in [0.3, 0.4) is 0 Å². The number of aliphatic imine (C=N–C) groups is 1. The Morgan fingerprint density at radius 1 is 1.00 bits per heavy atom. The zero-order valence-corrected chi connectivity index (χ0v) is 13.5. The molecular weight excluding hydrogens is 268 g/mol. The van der Waals surface area contributed by atoms with Crippen LogP contribution in [-0.2, 0) is 0 Å². The minimum absolute atomic E-state index is 0.208. The Morgan fingerprint density at radius 2 is 1.48 bits per heavy atom. The van der Waals surface area contributed by atoms with Crippen LogP contribution in [0.2, 0.25) is 0 Å². The third kappa shape index (κ3) is 15.0. The standard InChI is InChI=1S/C15H32N4O2/c1-17-15(14-19(20)21)18-13-11-9-7-5-3-2-4-6-8-10-12-16/h2-14,16H2,1H3,(H,17,18). The van der Waals surface area contributed by atoms with Crippen molar-refractivity contribution in [1.29, 1.82) is 0 Å². The van der Waals surface area contributed by atoms with Crippen LogP contribution >= 0.6 is 0 Å². The molecule has 0 spiro atoms. The van der Waals surface area contributed by atoms with Crippen LogP contribution in [0.25, 0.3) is 0 Å². The molecule has 21 heavy (non-hydrogen) atoms. The van der Waals surface area contributed by atoms with Crippen LogP contribution in [0.5, 0.6) is 0 Å². The third-order valence-electron chi connectivity index (χ3n) is 3.51. The fourth-order valence-corrected chi connectivity index (χ4v) is 2.24. The summed E-state index contributed by atoms with van der Waals surface area (Å²) in [7, 11) is 1.58. The second-order valence-electron chi connectivity index (χ2n) is 5.41. The molecule has 0 aromatic heterocycles. The molecule has 0 saturated carbocycles. The molecule has 124 valence electrons. The number of hydrogen-bond acceptors (Lipinski definition) is 4. The maximum Gasteiger partial charge on any atom is 0.259 e. The minimum Gasteiger partial charge on any atom is -0.368 e. The van der Waals surface area contributed by atoms with Gasteiger partial charge in [-0.2, -0.15) is 0 Å². The van der Waals surface area contributed by atoms with Crippen LogP contribution in [0, 0.1) is 10.1 Å². The van der Waals surface area contributed by atoms with E-state index in [2.05, 4.69) is 10.3 Å². The molecule has 6 nitrogen and oxygen atoms in total. The van der Waals surface area contributed by atoms with Crippen molar-refractivity contribution in [2.45, 2.75) is 64.2 Å². The number of unbranched alkanes of at least 4 members (excludes halogenated alkanes) is 9. The Kier molecular flexibility index (Phi) is 14.4. The van der Waals surface area contributed by atoms with Crippen molar-refractivity contribution in [3.05, 3.63) is 10.1 Å². The van der Waals surface area contributed by atoms with Crippen molar-refractivity contribution in [1.82, 2.24) is 5.32 Å². The number of nitrogens with one attached hydrogen (secondary N) is 1. The lowest BCUT2D eigenvalue weighted by Gasteiger charge is -2.06. The van der Waals surface area contributed by atoms with Gasteiger partial charge in [0.1, 0.15) is 0 Å². The van der Waals surface area contributed by atoms with E-state index in [4.69, 9.17) is 5.73 Å². The topological polar surface area (TPSA) is 93.5 Å². The van der Waals surface area contributed by atoms with Crippen molar-refractivity contribution in [2.75, 3.05) is 26.7 Å². The quantitative estimate of drug-likeness (QED) is 0.169. The summed E-state index contributed by atoms with van der Waals surface area (Å²) in [5, 5.41) is 13.4. The van der Waals surface area contributed by atoms with Gasteiger partial charge in [-0.25, -0.2) is 0 Å². The summed E-state index contributed by atoms with van der Waals surface area (Å²) >= 11 is 0. The highest BCUT2D eigenvalue weighted by atomic mass is 16.6. The average molecular weight is 300 g/mol. The smallest absolute Gasteiger partial charge is 0.259 e. The number of rotatable bonds is 14. The van der Waals surface area contributed by atoms with Gasteiger partial charge in [0.25, 0.3) is 6.54 Å². The molecule has 0 aliphatic rings. The first-order chi connectivity index (χ1) is 10.2. The van der Waals surface area contributed by atoms with E-state index in [1.165, 1.54) is 51.4 Å².